The Hall–Kier alpha value is -2.83. The number of halogens is 2. The molecule has 0 spiro atoms. The van der Waals surface area contributed by atoms with Crippen LogP contribution in [0.1, 0.15) is 22.8 Å². The fraction of sp³-hybridized carbons (Fsp3) is 0.130. The Kier molecular flexibility index (Phi) is 7.13. The lowest BCUT2D eigenvalue weighted by molar-refractivity contribution is -0.115. The molecule has 1 atom stereocenters. The van der Waals surface area contributed by atoms with E-state index in [1.807, 2.05) is 32.0 Å². The number of benzene rings is 3. The monoisotopic (exact) mass is 442 g/mol. The van der Waals surface area contributed by atoms with Crippen molar-refractivity contribution in [3.8, 4) is 0 Å². The summed E-state index contributed by atoms with van der Waals surface area (Å²) < 4.78 is 13.0. The molecular formula is C23H20ClFN2O2S. The Balaban J connectivity index is 1.58. The van der Waals surface area contributed by atoms with Gasteiger partial charge in [0.1, 0.15) is 5.82 Å². The van der Waals surface area contributed by atoms with Gasteiger partial charge in [-0.2, -0.15) is 0 Å². The molecule has 3 aromatic carbocycles. The van der Waals surface area contributed by atoms with E-state index in [0.717, 1.165) is 10.5 Å². The molecule has 0 bridgehead atoms. The van der Waals surface area contributed by atoms with Crippen LogP contribution in [0.2, 0.25) is 5.02 Å². The van der Waals surface area contributed by atoms with Crippen molar-refractivity contribution in [1.29, 1.82) is 0 Å². The molecule has 0 aliphatic heterocycles. The van der Waals surface area contributed by atoms with Crippen molar-refractivity contribution in [1.82, 2.24) is 0 Å². The van der Waals surface area contributed by atoms with Crippen LogP contribution in [0.3, 0.4) is 0 Å². The number of anilines is 2. The molecule has 2 amide bonds. The van der Waals surface area contributed by atoms with Crippen LogP contribution in [0.15, 0.2) is 71.6 Å². The normalized spacial score (nSPS) is 11.6. The number of carbonyl (C=O) groups is 2. The average Bonchev–Trinajstić information content (AvgIpc) is 2.72. The van der Waals surface area contributed by atoms with Crippen LogP contribution in [0, 0.1) is 12.7 Å². The van der Waals surface area contributed by atoms with E-state index in [2.05, 4.69) is 10.6 Å². The molecule has 0 radical (unpaired) electrons. The molecule has 30 heavy (non-hydrogen) atoms. The molecule has 154 valence electrons. The summed E-state index contributed by atoms with van der Waals surface area (Å²) in [5.74, 6) is -0.837. The molecule has 0 fully saturated rings. The second-order valence-corrected chi connectivity index (χ2v) is 8.54. The summed E-state index contributed by atoms with van der Waals surface area (Å²) in [5.41, 5.74) is 2.61. The summed E-state index contributed by atoms with van der Waals surface area (Å²) in [4.78, 5) is 25.6. The van der Waals surface area contributed by atoms with Crippen molar-refractivity contribution < 1.29 is 14.0 Å². The van der Waals surface area contributed by atoms with E-state index in [4.69, 9.17) is 11.6 Å². The first-order valence-corrected chi connectivity index (χ1v) is 10.5. The second kappa shape index (κ2) is 9.78. The van der Waals surface area contributed by atoms with Gasteiger partial charge in [-0.1, -0.05) is 17.7 Å². The topological polar surface area (TPSA) is 58.2 Å². The fourth-order valence-electron chi connectivity index (χ4n) is 2.64. The van der Waals surface area contributed by atoms with Gasteiger partial charge in [0.15, 0.2) is 0 Å². The number of hydrogen-bond donors (Lipinski definition) is 2. The lowest BCUT2D eigenvalue weighted by Gasteiger charge is -2.14. The first-order chi connectivity index (χ1) is 14.3. The van der Waals surface area contributed by atoms with E-state index in [-0.39, 0.29) is 17.1 Å². The molecule has 3 rings (SSSR count). The summed E-state index contributed by atoms with van der Waals surface area (Å²) in [5, 5.41) is 5.90. The van der Waals surface area contributed by atoms with Crippen LogP contribution >= 0.6 is 23.4 Å². The molecule has 0 aliphatic rings. The van der Waals surface area contributed by atoms with Gasteiger partial charge in [-0.05, 0) is 80.1 Å². The van der Waals surface area contributed by atoms with E-state index < -0.39 is 5.82 Å². The minimum absolute atomic E-state index is 0.126. The number of aryl methyl sites for hydroxylation is 1. The molecule has 0 aromatic heterocycles. The van der Waals surface area contributed by atoms with E-state index in [0.29, 0.717) is 22.0 Å². The van der Waals surface area contributed by atoms with E-state index >= 15 is 0 Å². The predicted octanol–water partition coefficient (Wildman–Crippen LogP) is 6.16. The van der Waals surface area contributed by atoms with Crippen LogP contribution in [0.25, 0.3) is 0 Å². The molecular weight excluding hydrogens is 423 g/mol. The molecule has 0 heterocycles. The smallest absolute Gasteiger partial charge is 0.255 e. The van der Waals surface area contributed by atoms with Crippen molar-refractivity contribution in [3.63, 3.8) is 0 Å². The predicted molar refractivity (Wildman–Crippen MR) is 121 cm³/mol. The Morgan fingerprint density at radius 2 is 1.63 bits per heavy atom. The molecule has 7 heteroatoms. The van der Waals surface area contributed by atoms with Crippen LogP contribution in [0.4, 0.5) is 15.8 Å². The highest BCUT2D eigenvalue weighted by atomic mass is 35.5. The van der Waals surface area contributed by atoms with Crippen molar-refractivity contribution in [3.05, 3.63) is 88.7 Å². The van der Waals surface area contributed by atoms with Gasteiger partial charge >= 0.3 is 0 Å². The molecule has 1 unspecified atom stereocenters. The molecule has 4 nitrogen and oxygen atoms in total. The van der Waals surface area contributed by atoms with Crippen molar-refractivity contribution >= 4 is 46.6 Å². The highest BCUT2D eigenvalue weighted by Crippen LogP contribution is 2.27. The Bertz CT molecular complexity index is 1060. The number of nitrogens with one attached hydrogen (secondary N) is 2. The van der Waals surface area contributed by atoms with Gasteiger partial charge in [-0.25, -0.2) is 4.39 Å². The Morgan fingerprint density at radius 3 is 2.30 bits per heavy atom. The molecule has 2 N–H and O–H groups in total. The number of thioether (sulfide) groups is 1. The van der Waals surface area contributed by atoms with Gasteiger partial charge in [0.2, 0.25) is 5.91 Å². The highest BCUT2D eigenvalue weighted by molar-refractivity contribution is 8.00. The highest BCUT2D eigenvalue weighted by Gasteiger charge is 2.16. The van der Waals surface area contributed by atoms with Gasteiger partial charge in [-0.3, -0.25) is 9.59 Å². The maximum atomic E-state index is 13.0. The molecule has 3 aromatic rings. The quantitative estimate of drug-likeness (QED) is 0.449. The van der Waals surface area contributed by atoms with Gasteiger partial charge in [0.05, 0.1) is 5.25 Å². The zero-order chi connectivity index (χ0) is 21.7. The van der Waals surface area contributed by atoms with Crippen LogP contribution < -0.4 is 10.6 Å². The largest absolute Gasteiger partial charge is 0.325 e. The van der Waals surface area contributed by atoms with Crippen molar-refractivity contribution in [2.45, 2.75) is 24.0 Å². The van der Waals surface area contributed by atoms with Gasteiger partial charge in [0.25, 0.3) is 5.91 Å². The number of hydrogen-bond acceptors (Lipinski definition) is 3. The number of carbonyl (C=O) groups excluding carboxylic acids is 2. The number of rotatable bonds is 6. The average molecular weight is 443 g/mol. The zero-order valence-electron chi connectivity index (χ0n) is 16.4. The Labute approximate surface area is 183 Å². The molecule has 0 aliphatic carbocycles. The number of amides is 2. The summed E-state index contributed by atoms with van der Waals surface area (Å²) in [6, 6.07) is 17.9. The minimum atomic E-state index is -0.392. The maximum Gasteiger partial charge on any atom is 0.255 e. The zero-order valence-corrected chi connectivity index (χ0v) is 18.0. The fourth-order valence-corrected chi connectivity index (χ4v) is 3.68. The molecule has 0 saturated heterocycles. The van der Waals surface area contributed by atoms with E-state index in [9.17, 15) is 14.0 Å². The van der Waals surface area contributed by atoms with Gasteiger partial charge in [0, 0.05) is 26.9 Å². The summed E-state index contributed by atoms with van der Waals surface area (Å²) in [7, 11) is 0. The maximum absolute atomic E-state index is 13.0. The van der Waals surface area contributed by atoms with Crippen molar-refractivity contribution in [2.75, 3.05) is 10.6 Å². The third kappa shape index (κ3) is 5.84. The Morgan fingerprint density at radius 1 is 0.967 bits per heavy atom. The van der Waals surface area contributed by atoms with Crippen LogP contribution in [0.5, 0.6) is 0 Å². The second-order valence-electron chi connectivity index (χ2n) is 6.69. The van der Waals surface area contributed by atoms with Crippen LogP contribution in [-0.4, -0.2) is 17.1 Å². The first-order valence-electron chi connectivity index (χ1n) is 9.22. The van der Waals surface area contributed by atoms with Gasteiger partial charge in [-0.15, -0.1) is 11.8 Å². The summed E-state index contributed by atoms with van der Waals surface area (Å²) in [6.07, 6.45) is 0. The van der Waals surface area contributed by atoms with Gasteiger partial charge < -0.3 is 10.6 Å². The lowest BCUT2D eigenvalue weighted by atomic mass is 10.2. The minimum Gasteiger partial charge on any atom is -0.325 e. The summed E-state index contributed by atoms with van der Waals surface area (Å²) >= 11 is 7.41. The molecule has 0 saturated carbocycles. The standard InChI is InChI=1S/C23H20ClFN2O2S/c1-14-3-6-17(24)13-21(14)27-22(28)15(2)30-20-11-9-19(10-12-20)26-23(29)16-4-7-18(25)8-5-16/h3-13,15H,1-2H3,(H,26,29)(H,27,28). The van der Waals surface area contributed by atoms with E-state index in [1.54, 1.807) is 24.3 Å². The SMILES string of the molecule is Cc1ccc(Cl)cc1NC(=O)C(C)Sc1ccc(NC(=O)c2ccc(F)cc2)cc1. The van der Waals surface area contributed by atoms with E-state index in [1.165, 1.54) is 36.0 Å². The third-order valence-electron chi connectivity index (χ3n) is 4.36. The first kappa shape index (κ1) is 21.9. The lowest BCUT2D eigenvalue weighted by Crippen LogP contribution is -2.22. The third-order valence-corrected chi connectivity index (χ3v) is 5.71. The van der Waals surface area contributed by atoms with Crippen LogP contribution in [-0.2, 0) is 4.79 Å². The summed E-state index contributed by atoms with van der Waals surface area (Å²) in [6.45, 7) is 3.73. The van der Waals surface area contributed by atoms with Crippen molar-refractivity contribution in [2.24, 2.45) is 0 Å².